The number of fused-ring (bicyclic) bond motifs is 1. The van der Waals surface area contributed by atoms with Crippen molar-refractivity contribution in [1.29, 1.82) is 0 Å². The third-order valence-corrected chi connectivity index (χ3v) is 4.22. The van der Waals surface area contributed by atoms with E-state index in [-0.39, 0.29) is 5.41 Å². The molecule has 3 rings (SSSR count). The van der Waals surface area contributed by atoms with Gasteiger partial charge in [0.05, 0.1) is 6.54 Å². The van der Waals surface area contributed by atoms with Gasteiger partial charge in [0.2, 0.25) is 0 Å². The molecule has 2 heteroatoms. The molecule has 0 aliphatic heterocycles. The van der Waals surface area contributed by atoms with E-state index < -0.39 is 0 Å². The van der Waals surface area contributed by atoms with Crippen LogP contribution in [-0.2, 0) is 18.4 Å². The molecule has 1 heterocycles. The normalized spacial score (nSPS) is 16.0. The average molecular weight is 271 g/mol. The topological polar surface area (TPSA) is 25.2 Å². The van der Waals surface area contributed by atoms with Crippen LogP contribution in [0.3, 0.4) is 0 Å². The van der Waals surface area contributed by atoms with Crippen LogP contribution in [0.4, 0.5) is 0 Å². The minimum absolute atomic E-state index is 0.183. The van der Waals surface area contributed by atoms with E-state index in [1.165, 1.54) is 29.4 Å². The van der Waals surface area contributed by atoms with Crippen LogP contribution in [0.5, 0.6) is 0 Å². The van der Waals surface area contributed by atoms with Crippen molar-refractivity contribution in [3.63, 3.8) is 0 Å². The fourth-order valence-electron chi connectivity index (χ4n) is 2.72. The van der Waals surface area contributed by atoms with Gasteiger partial charge in [-0.05, 0) is 42.4 Å². The van der Waals surface area contributed by atoms with Gasteiger partial charge in [-0.3, -0.25) is 0 Å². The zero-order chi connectivity index (χ0) is 14.3. The second-order valence-electron chi connectivity index (χ2n) is 6.97. The van der Waals surface area contributed by atoms with E-state index in [0.29, 0.717) is 0 Å². The molecule has 1 saturated carbocycles. The van der Waals surface area contributed by atoms with Gasteiger partial charge in [0.1, 0.15) is 11.3 Å². The molecule has 1 N–H and O–H groups in total. The molecule has 1 aliphatic carbocycles. The van der Waals surface area contributed by atoms with Gasteiger partial charge in [-0.15, -0.1) is 0 Å². The second-order valence-corrected chi connectivity index (χ2v) is 6.97. The fourth-order valence-corrected chi connectivity index (χ4v) is 2.72. The van der Waals surface area contributed by atoms with Crippen LogP contribution in [-0.4, -0.2) is 6.04 Å². The molecule has 0 unspecified atom stereocenters. The number of hydrogen-bond donors (Lipinski definition) is 1. The highest BCUT2D eigenvalue weighted by Gasteiger charge is 2.22. The molecule has 0 amide bonds. The van der Waals surface area contributed by atoms with E-state index in [0.717, 1.165) is 30.4 Å². The number of furan rings is 1. The molecule has 0 spiro atoms. The Morgan fingerprint density at radius 2 is 2.00 bits per heavy atom. The highest BCUT2D eigenvalue weighted by Crippen LogP contribution is 2.32. The first-order chi connectivity index (χ1) is 9.49. The third-order valence-electron chi connectivity index (χ3n) is 4.22. The minimum atomic E-state index is 0.183. The Hall–Kier alpha value is -1.28. The molecule has 2 nitrogen and oxygen atoms in total. The van der Waals surface area contributed by atoms with Gasteiger partial charge in [0.25, 0.3) is 0 Å². The van der Waals surface area contributed by atoms with Gasteiger partial charge in [0.15, 0.2) is 0 Å². The lowest BCUT2D eigenvalue weighted by atomic mass is 9.86. The van der Waals surface area contributed by atoms with Crippen molar-refractivity contribution in [1.82, 2.24) is 5.32 Å². The maximum atomic E-state index is 6.07. The highest BCUT2D eigenvalue weighted by atomic mass is 16.3. The summed E-state index contributed by atoms with van der Waals surface area (Å²) < 4.78 is 6.07. The SMILES string of the molecule is CCc1c(CNC2CC2)oc2ccc(C(C)(C)C)cc12. The zero-order valence-electron chi connectivity index (χ0n) is 13.0. The van der Waals surface area contributed by atoms with E-state index in [4.69, 9.17) is 4.42 Å². The molecule has 1 fully saturated rings. The predicted octanol–water partition coefficient (Wildman–Crippen LogP) is 4.54. The maximum absolute atomic E-state index is 6.07. The average Bonchev–Trinajstić information content (AvgIpc) is 3.15. The first-order valence-corrected chi connectivity index (χ1v) is 7.77. The van der Waals surface area contributed by atoms with Crippen LogP contribution >= 0.6 is 0 Å². The molecule has 2 aromatic rings. The van der Waals surface area contributed by atoms with Crippen molar-refractivity contribution in [2.75, 3.05) is 0 Å². The Bertz CT molecular complexity index is 614. The summed E-state index contributed by atoms with van der Waals surface area (Å²) in [5, 5.41) is 4.86. The third kappa shape index (κ3) is 2.62. The Kier molecular flexibility index (Phi) is 3.37. The summed E-state index contributed by atoms with van der Waals surface area (Å²) in [6.45, 7) is 9.86. The first kappa shape index (κ1) is 13.7. The van der Waals surface area contributed by atoms with Gasteiger partial charge in [0, 0.05) is 17.0 Å². The van der Waals surface area contributed by atoms with Crippen molar-refractivity contribution in [3.8, 4) is 0 Å². The van der Waals surface area contributed by atoms with Gasteiger partial charge in [-0.2, -0.15) is 0 Å². The maximum Gasteiger partial charge on any atom is 0.134 e. The molecule has 1 aromatic heterocycles. The van der Waals surface area contributed by atoms with E-state index in [2.05, 4.69) is 51.2 Å². The number of rotatable bonds is 4. The largest absolute Gasteiger partial charge is 0.459 e. The van der Waals surface area contributed by atoms with Gasteiger partial charge >= 0.3 is 0 Å². The van der Waals surface area contributed by atoms with Crippen LogP contribution in [0.25, 0.3) is 11.0 Å². The fraction of sp³-hybridized carbons (Fsp3) is 0.556. The minimum Gasteiger partial charge on any atom is -0.459 e. The standard InChI is InChI=1S/C18H25NO/c1-5-14-15-10-12(18(2,3)4)6-9-16(15)20-17(14)11-19-13-7-8-13/h6,9-10,13,19H,5,7-8,11H2,1-4H3. The van der Waals surface area contributed by atoms with Crippen LogP contribution in [0.1, 0.15) is 57.4 Å². The molecule has 0 bridgehead atoms. The van der Waals surface area contributed by atoms with E-state index in [1.54, 1.807) is 0 Å². The second kappa shape index (κ2) is 4.92. The van der Waals surface area contributed by atoms with Crippen LogP contribution in [0.2, 0.25) is 0 Å². The van der Waals surface area contributed by atoms with Crippen molar-refractivity contribution >= 4 is 11.0 Å². The Morgan fingerprint density at radius 1 is 1.25 bits per heavy atom. The monoisotopic (exact) mass is 271 g/mol. The molecular formula is C18H25NO. The van der Waals surface area contributed by atoms with Crippen LogP contribution < -0.4 is 5.32 Å². The molecular weight excluding hydrogens is 246 g/mol. The number of benzene rings is 1. The lowest BCUT2D eigenvalue weighted by Crippen LogP contribution is -2.15. The van der Waals surface area contributed by atoms with Crippen LogP contribution in [0.15, 0.2) is 22.6 Å². The Labute approximate surface area is 121 Å². The zero-order valence-corrected chi connectivity index (χ0v) is 13.0. The van der Waals surface area contributed by atoms with Crippen molar-refractivity contribution in [2.45, 2.75) is 65.0 Å². The van der Waals surface area contributed by atoms with Crippen molar-refractivity contribution in [3.05, 3.63) is 35.1 Å². The smallest absolute Gasteiger partial charge is 0.134 e. The summed E-state index contributed by atoms with van der Waals surface area (Å²) in [7, 11) is 0. The number of aryl methyl sites for hydroxylation is 1. The summed E-state index contributed by atoms with van der Waals surface area (Å²) >= 11 is 0. The van der Waals surface area contributed by atoms with Gasteiger partial charge < -0.3 is 9.73 Å². The van der Waals surface area contributed by atoms with Crippen molar-refractivity contribution < 1.29 is 4.42 Å². The molecule has 108 valence electrons. The van der Waals surface area contributed by atoms with Crippen molar-refractivity contribution in [2.24, 2.45) is 0 Å². The first-order valence-electron chi connectivity index (χ1n) is 7.77. The molecule has 1 aliphatic rings. The van der Waals surface area contributed by atoms with Crippen LogP contribution in [0, 0.1) is 0 Å². The number of nitrogens with one attached hydrogen (secondary N) is 1. The van der Waals surface area contributed by atoms with E-state index in [9.17, 15) is 0 Å². The Morgan fingerprint density at radius 3 is 2.60 bits per heavy atom. The lowest BCUT2D eigenvalue weighted by Gasteiger charge is -2.18. The summed E-state index contributed by atoms with van der Waals surface area (Å²) in [6.07, 6.45) is 3.66. The molecule has 20 heavy (non-hydrogen) atoms. The molecule has 0 atom stereocenters. The molecule has 0 saturated heterocycles. The predicted molar refractivity (Wildman–Crippen MR) is 84.2 cm³/mol. The summed E-state index contributed by atoms with van der Waals surface area (Å²) in [6, 6.07) is 7.37. The summed E-state index contributed by atoms with van der Waals surface area (Å²) in [5.41, 5.74) is 3.96. The summed E-state index contributed by atoms with van der Waals surface area (Å²) in [4.78, 5) is 0. The molecule has 1 aromatic carbocycles. The highest BCUT2D eigenvalue weighted by molar-refractivity contribution is 5.83. The molecule has 0 radical (unpaired) electrons. The lowest BCUT2D eigenvalue weighted by molar-refractivity contribution is 0.507. The Balaban J connectivity index is 1.99. The van der Waals surface area contributed by atoms with E-state index >= 15 is 0 Å². The van der Waals surface area contributed by atoms with E-state index in [1.807, 2.05) is 0 Å². The summed E-state index contributed by atoms with van der Waals surface area (Å²) in [5.74, 6) is 1.13. The van der Waals surface area contributed by atoms with Gasteiger partial charge in [-0.1, -0.05) is 33.8 Å². The van der Waals surface area contributed by atoms with Gasteiger partial charge in [-0.25, -0.2) is 0 Å². The quantitative estimate of drug-likeness (QED) is 0.883. The number of hydrogen-bond acceptors (Lipinski definition) is 2.